The zero-order valence-electron chi connectivity index (χ0n) is 9.37. The van der Waals surface area contributed by atoms with Crippen LogP contribution in [0.1, 0.15) is 11.3 Å². The van der Waals surface area contributed by atoms with Crippen molar-refractivity contribution in [1.29, 1.82) is 0 Å². The van der Waals surface area contributed by atoms with Crippen LogP contribution in [-0.2, 0) is 6.54 Å². The van der Waals surface area contributed by atoms with Crippen LogP contribution in [-0.4, -0.2) is 4.98 Å². The molecule has 2 rings (SSSR count). The quantitative estimate of drug-likeness (QED) is 0.896. The molecule has 1 aromatic carbocycles. The van der Waals surface area contributed by atoms with Gasteiger partial charge in [0.15, 0.2) is 0 Å². The molecule has 1 N–H and O–H groups in total. The Morgan fingerprint density at radius 1 is 1.24 bits per heavy atom. The average Bonchev–Trinajstić information content (AvgIpc) is 2.30. The lowest BCUT2D eigenvalue weighted by Gasteiger charge is -2.09. The highest BCUT2D eigenvalue weighted by atomic mass is 35.5. The number of aryl methyl sites for hydroxylation is 1. The summed E-state index contributed by atoms with van der Waals surface area (Å²) in [5.74, 6) is 0. The van der Waals surface area contributed by atoms with Gasteiger partial charge >= 0.3 is 0 Å². The smallest absolute Gasteiger partial charge is 0.0603 e. The van der Waals surface area contributed by atoms with Crippen LogP contribution in [0.4, 0.5) is 5.69 Å². The van der Waals surface area contributed by atoms with Crippen molar-refractivity contribution >= 4 is 28.9 Å². The molecule has 2 aromatic rings. The molecule has 17 heavy (non-hydrogen) atoms. The van der Waals surface area contributed by atoms with Crippen LogP contribution in [0.2, 0.25) is 10.0 Å². The topological polar surface area (TPSA) is 24.9 Å². The highest BCUT2D eigenvalue weighted by Crippen LogP contribution is 2.22. The molecule has 0 radical (unpaired) electrons. The van der Waals surface area contributed by atoms with Gasteiger partial charge in [0.05, 0.1) is 11.4 Å². The minimum Gasteiger partial charge on any atom is -0.379 e. The predicted octanol–water partition coefficient (Wildman–Crippen LogP) is 4.31. The Kier molecular flexibility index (Phi) is 3.87. The van der Waals surface area contributed by atoms with Crippen LogP contribution in [0.3, 0.4) is 0 Å². The van der Waals surface area contributed by atoms with E-state index in [0.717, 1.165) is 16.9 Å². The van der Waals surface area contributed by atoms with Gasteiger partial charge in [0.25, 0.3) is 0 Å². The molecule has 0 atom stereocenters. The first-order valence-electron chi connectivity index (χ1n) is 5.26. The molecule has 0 unspecified atom stereocenters. The van der Waals surface area contributed by atoms with Crippen molar-refractivity contribution in [3.8, 4) is 0 Å². The first-order valence-corrected chi connectivity index (χ1v) is 6.02. The van der Waals surface area contributed by atoms with Gasteiger partial charge in [-0.05, 0) is 36.8 Å². The van der Waals surface area contributed by atoms with Crippen molar-refractivity contribution in [2.75, 3.05) is 5.32 Å². The number of aromatic nitrogens is 1. The number of nitrogens with one attached hydrogen (secondary N) is 1. The number of nitrogens with zero attached hydrogens (tertiary/aromatic N) is 1. The Morgan fingerprint density at radius 2 is 2.06 bits per heavy atom. The van der Waals surface area contributed by atoms with Crippen LogP contribution >= 0.6 is 23.2 Å². The average molecular weight is 267 g/mol. The van der Waals surface area contributed by atoms with E-state index in [1.165, 1.54) is 0 Å². The largest absolute Gasteiger partial charge is 0.379 e. The second-order valence-corrected chi connectivity index (χ2v) is 4.57. The number of rotatable bonds is 3. The lowest BCUT2D eigenvalue weighted by atomic mass is 10.2. The van der Waals surface area contributed by atoms with Crippen molar-refractivity contribution < 1.29 is 0 Å². The van der Waals surface area contributed by atoms with Crippen LogP contribution < -0.4 is 5.32 Å². The van der Waals surface area contributed by atoms with Gasteiger partial charge in [-0.15, -0.1) is 0 Å². The fourth-order valence-corrected chi connectivity index (χ4v) is 2.00. The summed E-state index contributed by atoms with van der Waals surface area (Å²) in [5, 5.41) is 4.62. The zero-order valence-corrected chi connectivity index (χ0v) is 10.9. The third kappa shape index (κ3) is 3.11. The molecule has 0 amide bonds. The third-order valence-electron chi connectivity index (χ3n) is 2.49. The van der Waals surface area contributed by atoms with Crippen LogP contribution in [0, 0.1) is 6.92 Å². The van der Waals surface area contributed by atoms with Crippen molar-refractivity contribution in [2.45, 2.75) is 13.5 Å². The first-order chi connectivity index (χ1) is 8.16. The molecule has 0 aliphatic rings. The third-order valence-corrected chi connectivity index (χ3v) is 3.08. The van der Waals surface area contributed by atoms with E-state index in [4.69, 9.17) is 23.2 Å². The maximum absolute atomic E-state index is 6.10. The number of benzene rings is 1. The number of pyridine rings is 1. The van der Waals surface area contributed by atoms with Crippen molar-refractivity contribution in [2.24, 2.45) is 0 Å². The standard InChI is InChI=1S/C13H12Cl2N2/c1-9-13(3-2-6-16-9)17-8-10-4-5-11(14)7-12(10)15/h2-7,17H,8H2,1H3. The SMILES string of the molecule is Cc1ncccc1NCc1ccc(Cl)cc1Cl. The Balaban J connectivity index is 2.10. The molecule has 1 heterocycles. The summed E-state index contributed by atoms with van der Waals surface area (Å²) in [6, 6.07) is 9.39. The van der Waals surface area contributed by atoms with Gasteiger partial charge in [0.1, 0.15) is 0 Å². The summed E-state index contributed by atoms with van der Waals surface area (Å²) in [4.78, 5) is 4.21. The first kappa shape index (κ1) is 12.2. The summed E-state index contributed by atoms with van der Waals surface area (Å²) in [7, 11) is 0. The van der Waals surface area contributed by atoms with Crippen molar-refractivity contribution in [3.05, 3.63) is 57.8 Å². The molecule has 1 aromatic heterocycles. The minimum absolute atomic E-state index is 0.649. The van der Waals surface area contributed by atoms with E-state index in [9.17, 15) is 0 Å². The summed E-state index contributed by atoms with van der Waals surface area (Å²) in [6.07, 6.45) is 1.77. The number of hydrogen-bond donors (Lipinski definition) is 1. The molecule has 0 saturated heterocycles. The monoisotopic (exact) mass is 266 g/mol. The van der Waals surface area contributed by atoms with Crippen LogP contribution in [0.25, 0.3) is 0 Å². The second-order valence-electron chi connectivity index (χ2n) is 3.73. The van der Waals surface area contributed by atoms with E-state index in [1.807, 2.05) is 31.2 Å². The molecular formula is C13H12Cl2N2. The molecule has 0 fully saturated rings. The number of halogens is 2. The van der Waals surface area contributed by atoms with E-state index in [1.54, 1.807) is 12.3 Å². The van der Waals surface area contributed by atoms with Gasteiger partial charge in [-0.3, -0.25) is 4.98 Å². The lowest BCUT2D eigenvalue weighted by Crippen LogP contribution is -2.02. The van der Waals surface area contributed by atoms with Gasteiger partial charge in [-0.25, -0.2) is 0 Å². The molecule has 0 aliphatic heterocycles. The molecule has 0 spiro atoms. The highest BCUT2D eigenvalue weighted by molar-refractivity contribution is 6.35. The molecule has 2 nitrogen and oxygen atoms in total. The molecule has 4 heteroatoms. The second kappa shape index (κ2) is 5.39. The Bertz CT molecular complexity index is 527. The summed E-state index contributed by atoms with van der Waals surface area (Å²) >= 11 is 11.9. The number of hydrogen-bond acceptors (Lipinski definition) is 2. The minimum atomic E-state index is 0.649. The Hall–Kier alpha value is -1.25. The van der Waals surface area contributed by atoms with Crippen LogP contribution in [0.5, 0.6) is 0 Å². The zero-order chi connectivity index (χ0) is 12.3. The molecule has 0 aliphatic carbocycles. The van der Waals surface area contributed by atoms with Gasteiger partial charge in [0, 0.05) is 22.8 Å². The lowest BCUT2D eigenvalue weighted by molar-refractivity contribution is 1.11. The van der Waals surface area contributed by atoms with E-state index in [0.29, 0.717) is 16.6 Å². The normalized spacial score (nSPS) is 10.3. The number of anilines is 1. The van der Waals surface area contributed by atoms with E-state index in [-0.39, 0.29) is 0 Å². The summed E-state index contributed by atoms with van der Waals surface area (Å²) < 4.78 is 0. The van der Waals surface area contributed by atoms with E-state index >= 15 is 0 Å². The Labute approximate surface area is 111 Å². The van der Waals surface area contributed by atoms with Gasteiger partial charge in [-0.1, -0.05) is 29.3 Å². The van der Waals surface area contributed by atoms with E-state index in [2.05, 4.69) is 10.3 Å². The van der Waals surface area contributed by atoms with Gasteiger partial charge in [0.2, 0.25) is 0 Å². The predicted molar refractivity (Wildman–Crippen MR) is 72.8 cm³/mol. The maximum Gasteiger partial charge on any atom is 0.0603 e. The van der Waals surface area contributed by atoms with Crippen molar-refractivity contribution in [3.63, 3.8) is 0 Å². The molecule has 0 bridgehead atoms. The maximum atomic E-state index is 6.10. The molecule has 0 saturated carbocycles. The van der Waals surface area contributed by atoms with Gasteiger partial charge in [-0.2, -0.15) is 0 Å². The summed E-state index contributed by atoms with van der Waals surface area (Å²) in [6.45, 7) is 2.62. The van der Waals surface area contributed by atoms with Gasteiger partial charge < -0.3 is 5.32 Å². The highest BCUT2D eigenvalue weighted by Gasteiger charge is 2.02. The molecular weight excluding hydrogens is 255 g/mol. The fourth-order valence-electron chi connectivity index (χ4n) is 1.53. The van der Waals surface area contributed by atoms with Crippen molar-refractivity contribution in [1.82, 2.24) is 4.98 Å². The molecule has 88 valence electrons. The van der Waals surface area contributed by atoms with E-state index < -0.39 is 0 Å². The fraction of sp³-hybridized carbons (Fsp3) is 0.154. The summed E-state index contributed by atoms with van der Waals surface area (Å²) in [5.41, 5.74) is 3.00. The van der Waals surface area contributed by atoms with Crippen LogP contribution in [0.15, 0.2) is 36.5 Å². The Morgan fingerprint density at radius 3 is 2.76 bits per heavy atom.